The molecule has 6 nitrogen and oxygen atoms in total. The van der Waals surface area contributed by atoms with E-state index in [1.807, 2.05) is 6.92 Å². The predicted octanol–water partition coefficient (Wildman–Crippen LogP) is 3.05. The predicted molar refractivity (Wildman–Crippen MR) is 78.8 cm³/mol. The molecule has 0 aliphatic carbocycles. The lowest BCUT2D eigenvalue weighted by Gasteiger charge is -2.05. The number of hydrogen-bond donors (Lipinski definition) is 1. The summed E-state index contributed by atoms with van der Waals surface area (Å²) in [5.41, 5.74) is 2.70. The second-order valence-electron chi connectivity index (χ2n) is 3.97. The molecule has 104 valence electrons. The highest BCUT2D eigenvalue weighted by Gasteiger charge is 2.16. The van der Waals surface area contributed by atoms with Crippen molar-refractivity contribution in [2.75, 3.05) is 0 Å². The van der Waals surface area contributed by atoms with Crippen molar-refractivity contribution >= 4 is 38.9 Å². The van der Waals surface area contributed by atoms with Crippen LogP contribution in [-0.2, 0) is 6.54 Å². The van der Waals surface area contributed by atoms with Crippen LogP contribution in [0.2, 0.25) is 0 Å². The zero-order chi connectivity index (χ0) is 14.7. The zero-order valence-corrected chi connectivity index (χ0v) is 12.8. The number of aryl methyl sites for hydroxylation is 1. The number of nitro groups is 1. The summed E-state index contributed by atoms with van der Waals surface area (Å²) < 4.78 is 0.345. The van der Waals surface area contributed by atoms with Crippen LogP contribution in [0.4, 0.5) is 5.69 Å². The number of hydrogen-bond acceptors (Lipinski definition) is 5. The second kappa shape index (κ2) is 6.10. The summed E-state index contributed by atoms with van der Waals surface area (Å²) in [5.74, 6) is -0.353. The van der Waals surface area contributed by atoms with Crippen LogP contribution < -0.4 is 5.32 Å². The van der Waals surface area contributed by atoms with E-state index < -0.39 is 4.92 Å². The molecule has 1 heterocycles. The van der Waals surface area contributed by atoms with Gasteiger partial charge >= 0.3 is 0 Å². The number of benzene rings is 1. The van der Waals surface area contributed by atoms with Crippen LogP contribution in [0, 0.1) is 17.0 Å². The number of rotatable bonds is 4. The Hall–Kier alpha value is -1.80. The van der Waals surface area contributed by atoms with Crippen LogP contribution in [0.15, 0.2) is 28.2 Å². The maximum atomic E-state index is 12.0. The third-order valence-corrected chi connectivity index (χ3v) is 4.27. The fourth-order valence-electron chi connectivity index (χ4n) is 1.55. The van der Waals surface area contributed by atoms with Crippen LogP contribution in [0.25, 0.3) is 0 Å². The van der Waals surface area contributed by atoms with Crippen molar-refractivity contribution in [2.45, 2.75) is 13.5 Å². The number of nitrogens with zero attached hydrogens (tertiary/aromatic N) is 2. The lowest BCUT2D eigenvalue weighted by Crippen LogP contribution is -2.22. The van der Waals surface area contributed by atoms with E-state index in [2.05, 4.69) is 26.2 Å². The molecule has 1 aromatic carbocycles. The number of nitrogens with one attached hydrogen (secondary N) is 1. The SMILES string of the molecule is Cc1ncsc1CNC(=O)c1ccc(Br)c([N+](=O)[O-])c1. The molecule has 2 aromatic rings. The number of halogens is 1. The molecule has 1 aromatic heterocycles. The number of carbonyl (C=O) groups is 1. The Kier molecular flexibility index (Phi) is 4.46. The molecule has 0 saturated heterocycles. The van der Waals surface area contributed by atoms with Crippen LogP contribution in [-0.4, -0.2) is 15.8 Å². The van der Waals surface area contributed by atoms with Crippen molar-refractivity contribution in [3.63, 3.8) is 0 Å². The first-order valence-corrected chi connectivity index (χ1v) is 7.27. The van der Waals surface area contributed by atoms with Gasteiger partial charge in [0.1, 0.15) is 0 Å². The summed E-state index contributed by atoms with van der Waals surface area (Å²) in [4.78, 5) is 27.3. The summed E-state index contributed by atoms with van der Waals surface area (Å²) in [5, 5.41) is 13.5. The maximum Gasteiger partial charge on any atom is 0.284 e. The van der Waals surface area contributed by atoms with Crippen molar-refractivity contribution in [1.82, 2.24) is 10.3 Å². The molecule has 8 heteroatoms. The summed E-state index contributed by atoms with van der Waals surface area (Å²) >= 11 is 4.54. The quantitative estimate of drug-likeness (QED) is 0.674. The van der Waals surface area contributed by atoms with Crippen molar-refractivity contribution in [1.29, 1.82) is 0 Å². The molecule has 1 amide bonds. The van der Waals surface area contributed by atoms with E-state index in [0.717, 1.165) is 10.6 Å². The normalized spacial score (nSPS) is 10.3. The lowest BCUT2D eigenvalue weighted by atomic mass is 10.2. The highest BCUT2D eigenvalue weighted by Crippen LogP contribution is 2.25. The zero-order valence-electron chi connectivity index (χ0n) is 10.4. The average Bonchev–Trinajstić information content (AvgIpc) is 2.81. The fraction of sp³-hybridized carbons (Fsp3) is 0.167. The van der Waals surface area contributed by atoms with Gasteiger partial charge in [0, 0.05) is 16.5 Å². The second-order valence-corrected chi connectivity index (χ2v) is 5.76. The highest BCUT2D eigenvalue weighted by molar-refractivity contribution is 9.10. The minimum absolute atomic E-state index is 0.133. The number of carbonyl (C=O) groups excluding carboxylic acids is 1. The standard InChI is InChI=1S/C12H10BrN3O3S/c1-7-11(20-6-15-7)5-14-12(17)8-2-3-9(13)10(4-8)16(18)19/h2-4,6H,5H2,1H3,(H,14,17). The Morgan fingerprint density at radius 2 is 2.30 bits per heavy atom. The number of amides is 1. The Labute approximate surface area is 127 Å². The molecule has 20 heavy (non-hydrogen) atoms. The first kappa shape index (κ1) is 14.6. The molecule has 0 unspecified atom stereocenters. The topological polar surface area (TPSA) is 85.1 Å². The third-order valence-electron chi connectivity index (χ3n) is 2.66. The molecular formula is C12H10BrN3O3S. The van der Waals surface area contributed by atoms with Crippen LogP contribution >= 0.6 is 27.3 Å². The van der Waals surface area contributed by atoms with Crippen molar-refractivity contribution in [3.8, 4) is 0 Å². The first-order chi connectivity index (χ1) is 9.49. The number of aromatic nitrogens is 1. The van der Waals surface area contributed by atoms with E-state index in [0.29, 0.717) is 11.0 Å². The van der Waals surface area contributed by atoms with Gasteiger partial charge in [-0.2, -0.15) is 0 Å². The highest BCUT2D eigenvalue weighted by atomic mass is 79.9. The van der Waals surface area contributed by atoms with E-state index in [4.69, 9.17) is 0 Å². The molecule has 0 aliphatic heterocycles. The first-order valence-electron chi connectivity index (χ1n) is 5.60. The summed E-state index contributed by atoms with van der Waals surface area (Å²) in [6.45, 7) is 2.22. The molecule has 0 saturated carbocycles. The Morgan fingerprint density at radius 3 is 2.90 bits per heavy atom. The van der Waals surface area contributed by atoms with Gasteiger partial charge in [0.15, 0.2) is 0 Å². The molecule has 0 radical (unpaired) electrons. The maximum absolute atomic E-state index is 12.0. The third kappa shape index (κ3) is 3.20. The Morgan fingerprint density at radius 1 is 1.55 bits per heavy atom. The van der Waals surface area contributed by atoms with Crippen LogP contribution in [0.5, 0.6) is 0 Å². The van der Waals surface area contributed by atoms with E-state index in [1.165, 1.54) is 29.5 Å². The van der Waals surface area contributed by atoms with E-state index in [9.17, 15) is 14.9 Å². The van der Waals surface area contributed by atoms with E-state index in [1.54, 1.807) is 5.51 Å². The monoisotopic (exact) mass is 355 g/mol. The minimum Gasteiger partial charge on any atom is -0.347 e. The van der Waals surface area contributed by atoms with Crippen molar-refractivity contribution in [3.05, 3.63) is 54.4 Å². The average molecular weight is 356 g/mol. The molecular weight excluding hydrogens is 346 g/mol. The fourth-order valence-corrected chi connectivity index (χ4v) is 2.66. The van der Waals surface area contributed by atoms with Gasteiger partial charge in [-0.3, -0.25) is 14.9 Å². The van der Waals surface area contributed by atoms with Crippen molar-refractivity contribution in [2.24, 2.45) is 0 Å². The summed E-state index contributed by atoms with van der Waals surface area (Å²) in [6, 6.07) is 4.27. The van der Waals surface area contributed by atoms with Gasteiger partial charge in [0.05, 0.1) is 27.1 Å². The molecule has 0 aliphatic rings. The molecule has 2 rings (SSSR count). The molecule has 0 bridgehead atoms. The minimum atomic E-state index is -0.534. The van der Waals surface area contributed by atoms with Crippen LogP contribution in [0.3, 0.4) is 0 Å². The van der Waals surface area contributed by atoms with Crippen LogP contribution in [0.1, 0.15) is 20.9 Å². The van der Waals surface area contributed by atoms with Gasteiger partial charge in [-0.25, -0.2) is 4.98 Å². The lowest BCUT2D eigenvalue weighted by molar-refractivity contribution is -0.385. The Balaban J connectivity index is 2.12. The molecule has 1 N–H and O–H groups in total. The van der Waals surface area contributed by atoms with Gasteiger partial charge in [-0.15, -0.1) is 11.3 Å². The Bertz CT molecular complexity index is 672. The van der Waals surface area contributed by atoms with E-state index in [-0.39, 0.29) is 17.2 Å². The number of thiazole rings is 1. The van der Waals surface area contributed by atoms with Gasteiger partial charge in [-0.05, 0) is 35.0 Å². The molecule has 0 fully saturated rings. The molecule has 0 atom stereocenters. The van der Waals surface area contributed by atoms with Gasteiger partial charge in [-0.1, -0.05) is 0 Å². The number of nitro benzene ring substituents is 1. The van der Waals surface area contributed by atoms with Crippen molar-refractivity contribution < 1.29 is 9.72 Å². The van der Waals surface area contributed by atoms with E-state index >= 15 is 0 Å². The largest absolute Gasteiger partial charge is 0.347 e. The summed E-state index contributed by atoms with van der Waals surface area (Å²) in [6.07, 6.45) is 0. The van der Waals surface area contributed by atoms with Gasteiger partial charge < -0.3 is 5.32 Å². The summed E-state index contributed by atoms with van der Waals surface area (Å²) in [7, 11) is 0. The van der Waals surface area contributed by atoms with Gasteiger partial charge in [0.2, 0.25) is 0 Å². The smallest absolute Gasteiger partial charge is 0.284 e. The molecule has 0 spiro atoms. The van der Waals surface area contributed by atoms with Gasteiger partial charge in [0.25, 0.3) is 11.6 Å².